The summed E-state index contributed by atoms with van der Waals surface area (Å²) < 4.78 is 0. The zero-order valence-corrected chi connectivity index (χ0v) is 10.6. The number of aromatic nitrogens is 1. The van der Waals surface area contributed by atoms with Gasteiger partial charge >= 0.3 is 0 Å². The van der Waals surface area contributed by atoms with Crippen LogP contribution in [-0.4, -0.2) is 17.3 Å². The lowest BCUT2D eigenvalue weighted by atomic mass is 10.2. The maximum Gasteiger partial charge on any atom is 0.127 e. The van der Waals surface area contributed by atoms with E-state index in [1.54, 1.807) is 0 Å². The predicted molar refractivity (Wildman–Crippen MR) is 68.6 cm³/mol. The fraction of sp³-hybridized carbons (Fsp3) is 0.583. The zero-order valence-electron chi connectivity index (χ0n) is 9.79. The van der Waals surface area contributed by atoms with Crippen molar-refractivity contribution in [3.63, 3.8) is 0 Å². The average molecular weight is 224 g/mol. The van der Waals surface area contributed by atoms with Gasteiger partial charge in [0.15, 0.2) is 0 Å². The number of pyridine rings is 1. The summed E-state index contributed by atoms with van der Waals surface area (Å²) in [6.45, 7) is 7.52. The Bertz CT molecular complexity index is 289. The van der Waals surface area contributed by atoms with Crippen LogP contribution in [-0.2, 0) is 0 Å². The van der Waals surface area contributed by atoms with E-state index in [4.69, 9.17) is 0 Å². The fourth-order valence-electron chi connectivity index (χ4n) is 1.12. The molecule has 84 valence electrons. The first kappa shape index (κ1) is 12.4. The molecule has 0 fully saturated rings. The van der Waals surface area contributed by atoms with Gasteiger partial charge in [-0.3, -0.25) is 0 Å². The Kier molecular flexibility index (Phi) is 5.54. The predicted octanol–water partition coefficient (Wildman–Crippen LogP) is 3.65. The second-order valence-corrected chi connectivity index (χ2v) is 4.76. The molecule has 0 saturated heterocycles. The van der Waals surface area contributed by atoms with Crippen molar-refractivity contribution >= 4 is 17.6 Å². The molecule has 1 rings (SSSR count). The molecule has 0 spiro atoms. The molecule has 0 aliphatic heterocycles. The Morgan fingerprint density at radius 1 is 1.40 bits per heavy atom. The monoisotopic (exact) mass is 224 g/mol. The van der Waals surface area contributed by atoms with Gasteiger partial charge in [-0.1, -0.05) is 26.3 Å². The van der Waals surface area contributed by atoms with E-state index in [1.165, 1.54) is 6.42 Å². The minimum Gasteiger partial charge on any atom is -0.370 e. The molecule has 1 unspecified atom stereocenters. The Morgan fingerprint density at radius 2 is 2.20 bits per heavy atom. The van der Waals surface area contributed by atoms with E-state index >= 15 is 0 Å². The summed E-state index contributed by atoms with van der Waals surface area (Å²) in [7, 11) is 0. The van der Waals surface area contributed by atoms with Gasteiger partial charge in [0.2, 0.25) is 0 Å². The third-order valence-electron chi connectivity index (χ3n) is 2.29. The lowest BCUT2D eigenvalue weighted by Crippen LogP contribution is -2.00. The minimum atomic E-state index is 0.764. The highest BCUT2D eigenvalue weighted by atomic mass is 32.2. The molecule has 0 aliphatic carbocycles. The number of hydrogen-bond acceptors (Lipinski definition) is 3. The molecule has 0 amide bonds. The van der Waals surface area contributed by atoms with Crippen LogP contribution in [0.25, 0.3) is 0 Å². The third-order valence-corrected chi connectivity index (χ3v) is 3.55. The van der Waals surface area contributed by atoms with E-state index in [0.29, 0.717) is 0 Å². The topological polar surface area (TPSA) is 24.9 Å². The number of rotatable bonds is 6. The largest absolute Gasteiger partial charge is 0.370 e. The number of thioether (sulfide) groups is 1. The molecule has 0 aromatic carbocycles. The molecule has 1 N–H and O–H groups in total. The lowest BCUT2D eigenvalue weighted by Gasteiger charge is -2.08. The van der Waals surface area contributed by atoms with Crippen molar-refractivity contribution in [3.8, 4) is 0 Å². The van der Waals surface area contributed by atoms with Crippen molar-refractivity contribution in [2.45, 2.75) is 32.2 Å². The molecular formula is C12H20N2S. The summed E-state index contributed by atoms with van der Waals surface area (Å²) in [5.41, 5.74) is 0. The van der Waals surface area contributed by atoms with E-state index < -0.39 is 0 Å². The average Bonchev–Trinajstić information content (AvgIpc) is 2.27. The normalized spacial score (nSPS) is 12.5. The summed E-state index contributed by atoms with van der Waals surface area (Å²) >= 11 is 1.84. The first-order valence-electron chi connectivity index (χ1n) is 5.60. The minimum absolute atomic E-state index is 0.764. The number of nitrogens with zero attached hydrogens (tertiary/aromatic N) is 1. The molecule has 1 aromatic heterocycles. The van der Waals surface area contributed by atoms with Gasteiger partial charge in [0.05, 0.1) is 5.03 Å². The van der Waals surface area contributed by atoms with Crippen molar-refractivity contribution in [1.29, 1.82) is 0 Å². The highest BCUT2D eigenvalue weighted by molar-refractivity contribution is 7.99. The van der Waals surface area contributed by atoms with Crippen molar-refractivity contribution < 1.29 is 0 Å². The summed E-state index contributed by atoms with van der Waals surface area (Å²) in [6, 6.07) is 6.15. The van der Waals surface area contributed by atoms with Gasteiger partial charge in [0.1, 0.15) is 5.82 Å². The van der Waals surface area contributed by atoms with Gasteiger partial charge in [-0.15, -0.1) is 11.8 Å². The molecule has 3 heteroatoms. The number of anilines is 1. The van der Waals surface area contributed by atoms with Crippen molar-refractivity contribution in [3.05, 3.63) is 18.2 Å². The van der Waals surface area contributed by atoms with Crippen LogP contribution in [0.3, 0.4) is 0 Å². The Balaban J connectivity index is 2.50. The fourth-order valence-corrected chi connectivity index (χ4v) is 2.15. The quantitative estimate of drug-likeness (QED) is 0.747. The second kappa shape index (κ2) is 6.72. The van der Waals surface area contributed by atoms with Crippen molar-refractivity contribution in [2.24, 2.45) is 5.92 Å². The second-order valence-electron chi connectivity index (χ2n) is 3.72. The number of hydrogen-bond donors (Lipinski definition) is 1. The van der Waals surface area contributed by atoms with Gasteiger partial charge < -0.3 is 5.32 Å². The third kappa shape index (κ3) is 4.56. The van der Waals surface area contributed by atoms with Gasteiger partial charge in [-0.05, 0) is 25.0 Å². The highest BCUT2D eigenvalue weighted by Crippen LogP contribution is 2.21. The van der Waals surface area contributed by atoms with E-state index in [2.05, 4.69) is 43.2 Å². The standard InChI is InChI=1S/C12H20N2S/c1-4-10(3)9-15-12-8-6-7-11(14-12)13-5-2/h6-8,10H,4-5,9H2,1-3H3,(H,13,14). The lowest BCUT2D eigenvalue weighted by molar-refractivity contribution is 0.636. The van der Waals surface area contributed by atoms with Crippen LogP contribution < -0.4 is 5.32 Å². The highest BCUT2D eigenvalue weighted by Gasteiger charge is 2.02. The van der Waals surface area contributed by atoms with Crippen LogP contribution in [0, 0.1) is 5.92 Å². The van der Waals surface area contributed by atoms with Crippen LogP contribution in [0.2, 0.25) is 0 Å². The zero-order chi connectivity index (χ0) is 11.1. The summed E-state index contributed by atoms with van der Waals surface area (Å²) in [4.78, 5) is 4.52. The van der Waals surface area contributed by atoms with Crippen LogP contribution in [0.4, 0.5) is 5.82 Å². The molecule has 0 aliphatic rings. The molecule has 1 aromatic rings. The maximum atomic E-state index is 4.52. The van der Waals surface area contributed by atoms with Crippen molar-refractivity contribution in [2.75, 3.05) is 17.6 Å². The summed E-state index contributed by atoms with van der Waals surface area (Å²) in [6.07, 6.45) is 1.24. The smallest absolute Gasteiger partial charge is 0.127 e. The molecule has 1 atom stereocenters. The Labute approximate surface area is 96.9 Å². The molecule has 2 nitrogen and oxygen atoms in total. The molecular weight excluding hydrogens is 204 g/mol. The van der Waals surface area contributed by atoms with Crippen LogP contribution in [0.1, 0.15) is 27.2 Å². The molecule has 15 heavy (non-hydrogen) atoms. The summed E-state index contributed by atoms with van der Waals surface area (Å²) in [5, 5.41) is 4.34. The van der Waals surface area contributed by atoms with E-state index in [0.717, 1.165) is 29.1 Å². The van der Waals surface area contributed by atoms with Gasteiger partial charge in [0, 0.05) is 12.3 Å². The maximum absolute atomic E-state index is 4.52. The molecule has 1 heterocycles. The van der Waals surface area contributed by atoms with Crippen LogP contribution >= 0.6 is 11.8 Å². The van der Waals surface area contributed by atoms with Crippen LogP contribution in [0.15, 0.2) is 23.2 Å². The van der Waals surface area contributed by atoms with Gasteiger partial charge in [0.25, 0.3) is 0 Å². The molecule has 0 bridgehead atoms. The van der Waals surface area contributed by atoms with E-state index in [-0.39, 0.29) is 0 Å². The van der Waals surface area contributed by atoms with E-state index in [9.17, 15) is 0 Å². The first-order chi connectivity index (χ1) is 7.26. The van der Waals surface area contributed by atoms with E-state index in [1.807, 2.05) is 17.8 Å². The molecule has 0 saturated carbocycles. The first-order valence-corrected chi connectivity index (χ1v) is 6.58. The van der Waals surface area contributed by atoms with Crippen LogP contribution in [0.5, 0.6) is 0 Å². The van der Waals surface area contributed by atoms with Gasteiger partial charge in [-0.2, -0.15) is 0 Å². The van der Waals surface area contributed by atoms with Crippen molar-refractivity contribution in [1.82, 2.24) is 4.98 Å². The Morgan fingerprint density at radius 3 is 2.87 bits per heavy atom. The number of nitrogens with one attached hydrogen (secondary N) is 1. The van der Waals surface area contributed by atoms with Gasteiger partial charge in [-0.25, -0.2) is 4.98 Å². The SMILES string of the molecule is CCNc1cccc(SCC(C)CC)n1. The Hall–Kier alpha value is -0.700. The molecule has 0 radical (unpaired) electrons. The summed E-state index contributed by atoms with van der Waals surface area (Å²) in [5.74, 6) is 2.89.